The van der Waals surface area contributed by atoms with E-state index in [1.165, 1.54) is 4.90 Å². The number of fused-ring (bicyclic) bond motifs is 2. The minimum Gasteiger partial charge on any atom is -0.480 e. The highest BCUT2D eigenvalue weighted by Crippen LogP contribution is 2.52. The Bertz CT molecular complexity index is 600. The van der Waals surface area contributed by atoms with Gasteiger partial charge in [0, 0.05) is 5.69 Å². The Hall–Kier alpha value is -1.84. The molecule has 0 radical (unpaired) electrons. The normalized spacial score (nSPS) is 19.7. The average molecular weight is 273 g/mol. The number of hydrogen-bond acceptors (Lipinski definition) is 2. The largest absolute Gasteiger partial charge is 0.480 e. The van der Waals surface area contributed by atoms with Crippen LogP contribution < -0.4 is 4.90 Å². The number of amides is 1. The summed E-state index contributed by atoms with van der Waals surface area (Å²) < 4.78 is 0. The van der Waals surface area contributed by atoms with Crippen LogP contribution in [0.3, 0.4) is 0 Å². The first-order chi connectivity index (χ1) is 9.45. The van der Waals surface area contributed by atoms with Gasteiger partial charge in [-0.3, -0.25) is 9.59 Å². The Morgan fingerprint density at radius 3 is 2.55 bits per heavy atom. The molecule has 0 saturated heterocycles. The fourth-order valence-corrected chi connectivity index (χ4v) is 3.99. The predicted octanol–water partition coefficient (Wildman–Crippen LogP) is 2.55. The maximum Gasteiger partial charge on any atom is 0.323 e. The molecule has 0 bridgehead atoms. The molecule has 4 nitrogen and oxygen atoms in total. The number of carbonyl (C=O) groups is 2. The van der Waals surface area contributed by atoms with Gasteiger partial charge < -0.3 is 10.0 Å². The molecule has 0 aromatic heterocycles. The van der Waals surface area contributed by atoms with Crippen molar-refractivity contribution in [2.24, 2.45) is 0 Å². The third-order valence-corrected chi connectivity index (χ3v) is 4.63. The van der Waals surface area contributed by atoms with Gasteiger partial charge in [-0.15, -0.1) is 0 Å². The van der Waals surface area contributed by atoms with Crippen LogP contribution in [0, 0.1) is 13.8 Å². The highest BCUT2D eigenvalue weighted by Gasteiger charge is 2.53. The summed E-state index contributed by atoms with van der Waals surface area (Å²) >= 11 is 0. The molecule has 0 atom stereocenters. The standard InChI is InChI=1S/C16H19NO3/c1-10-7-11(2)14-12(8-10)17(9-13(18)19)15(20)16(14)5-3-4-6-16/h7-8H,3-6,9H2,1-2H3,(H,18,19). The predicted molar refractivity (Wildman–Crippen MR) is 76.1 cm³/mol. The smallest absolute Gasteiger partial charge is 0.323 e. The molecule has 1 N–H and O–H groups in total. The van der Waals surface area contributed by atoms with Crippen molar-refractivity contribution < 1.29 is 14.7 Å². The molecule has 1 amide bonds. The first kappa shape index (κ1) is 13.2. The average Bonchev–Trinajstić information content (AvgIpc) is 2.90. The van der Waals surface area contributed by atoms with Crippen LogP contribution in [0.4, 0.5) is 5.69 Å². The zero-order valence-electron chi connectivity index (χ0n) is 11.9. The second kappa shape index (κ2) is 4.33. The van der Waals surface area contributed by atoms with E-state index in [1.807, 2.05) is 19.9 Å². The van der Waals surface area contributed by atoms with Gasteiger partial charge in [0.15, 0.2) is 0 Å². The molecule has 1 saturated carbocycles. The van der Waals surface area contributed by atoms with E-state index in [1.54, 1.807) is 0 Å². The highest BCUT2D eigenvalue weighted by molar-refractivity contribution is 6.10. The lowest BCUT2D eigenvalue weighted by atomic mass is 9.78. The van der Waals surface area contributed by atoms with Crippen molar-refractivity contribution in [1.29, 1.82) is 0 Å². The lowest BCUT2D eigenvalue weighted by Gasteiger charge is -2.23. The zero-order chi connectivity index (χ0) is 14.5. The van der Waals surface area contributed by atoms with Crippen molar-refractivity contribution in [2.45, 2.75) is 44.9 Å². The van der Waals surface area contributed by atoms with Crippen LogP contribution in [-0.2, 0) is 15.0 Å². The van der Waals surface area contributed by atoms with E-state index in [-0.39, 0.29) is 12.5 Å². The fourth-order valence-electron chi connectivity index (χ4n) is 3.99. The number of carboxylic acid groups (broad SMARTS) is 1. The Morgan fingerprint density at radius 1 is 1.30 bits per heavy atom. The van der Waals surface area contributed by atoms with Gasteiger partial charge >= 0.3 is 5.97 Å². The van der Waals surface area contributed by atoms with Crippen LogP contribution in [0.2, 0.25) is 0 Å². The van der Waals surface area contributed by atoms with Gasteiger partial charge in [-0.1, -0.05) is 18.9 Å². The van der Waals surface area contributed by atoms with Crippen LogP contribution >= 0.6 is 0 Å². The van der Waals surface area contributed by atoms with Crippen molar-refractivity contribution >= 4 is 17.6 Å². The molecular formula is C16H19NO3. The van der Waals surface area contributed by atoms with E-state index in [2.05, 4.69) is 6.07 Å². The number of hydrogen-bond donors (Lipinski definition) is 1. The third-order valence-electron chi connectivity index (χ3n) is 4.63. The number of rotatable bonds is 2. The maximum absolute atomic E-state index is 12.8. The van der Waals surface area contributed by atoms with Crippen molar-refractivity contribution in [3.63, 3.8) is 0 Å². The van der Waals surface area contributed by atoms with E-state index < -0.39 is 11.4 Å². The Balaban J connectivity index is 2.20. The quantitative estimate of drug-likeness (QED) is 0.901. The van der Waals surface area contributed by atoms with Crippen molar-refractivity contribution in [1.82, 2.24) is 0 Å². The van der Waals surface area contributed by atoms with E-state index >= 15 is 0 Å². The van der Waals surface area contributed by atoms with Crippen LogP contribution in [0.25, 0.3) is 0 Å². The Kier molecular flexibility index (Phi) is 2.85. The lowest BCUT2D eigenvalue weighted by Crippen LogP contribution is -2.41. The lowest BCUT2D eigenvalue weighted by molar-refractivity contribution is -0.137. The van der Waals surface area contributed by atoms with Crippen LogP contribution in [0.5, 0.6) is 0 Å². The molecule has 1 aromatic rings. The molecule has 4 heteroatoms. The van der Waals surface area contributed by atoms with E-state index in [4.69, 9.17) is 5.11 Å². The summed E-state index contributed by atoms with van der Waals surface area (Å²) in [6, 6.07) is 4.05. The molecule has 1 fully saturated rings. The number of carbonyl (C=O) groups excluding carboxylic acids is 1. The van der Waals surface area contributed by atoms with Crippen LogP contribution in [0.15, 0.2) is 12.1 Å². The number of aliphatic carboxylic acids is 1. The number of anilines is 1. The summed E-state index contributed by atoms with van der Waals surface area (Å²) in [6.07, 6.45) is 3.77. The first-order valence-corrected chi connectivity index (χ1v) is 7.11. The minimum atomic E-state index is -0.960. The second-order valence-corrected chi connectivity index (χ2v) is 6.05. The summed E-state index contributed by atoms with van der Waals surface area (Å²) in [5.41, 5.74) is 3.62. The molecule has 3 rings (SSSR count). The first-order valence-electron chi connectivity index (χ1n) is 7.11. The Labute approximate surface area is 118 Å². The van der Waals surface area contributed by atoms with E-state index in [0.717, 1.165) is 48.1 Å². The van der Waals surface area contributed by atoms with E-state index in [0.29, 0.717) is 0 Å². The molecule has 1 aliphatic heterocycles. The van der Waals surface area contributed by atoms with Crippen molar-refractivity contribution in [3.05, 3.63) is 28.8 Å². The van der Waals surface area contributed by atoms with Gasteiger partial charge in [-0.25, -0.2) is 0 Å². The van der Waals surface area contributed by atoms with Crippen LogP contribution in [-0.4, -0.2) is 23.5 Å². The second-order valence-electron chi connectivity index (χ2n) is 6.05. The van der Waals surface area contributed by atoms with Gasteiger partial charge in [-0.2, -0.15) is 0 Å². The van der Waals surface area contributed by atoms with E-state index in [9.17, 15) is 9.59 Å². The van der Waals surface area contributed by atoms with Gasteiger partial charge in [0.05, 0.1) is 5.41 Å². The number of nitrogens with zero attached hydrogens (tertiary/aromatic N) is 1. The molecule has 0 unspecified atom stereocenters. The number of aryl methyl sites for hydroxylation is 2. The minimum absolute atomic E-state index is 0.0129. The molecule has 1 aliphatic carbocycles. The third kappa shape index (κ3) is 1.67. The Morgan fingerprint density at radius 2 is 1.95 bits per heavy atom. The number of benzene rings is 1. The molecule has 2 aliphatic rings. The zero-order valence-corrected chi connectivity index (χ0v) is 11.9. The fraction of sp³-hybridized carbons (Fsp3) is 0.500. The summed E-state index contributed by atoms with van der Waals surface area (Å²) in [4.78, 5) is 25.4. The molecular weight excluding hydrogens is 254 g/mol. The SMILES string of the molecule is Cc1cc(C)c2c(c1)N(CC(=O)O)C(=O)C21CCCC1. The number of carboxylic acids is 1. The van der Waals surface area contributed by atoms with Gasteiger partial charge in [0.25, 0.3) is 0 Å². The summed E-state index contributed by atoms with van der Waals surface area (Å²) in [5.74, 6) is -0.973. The highest BCUT2D eigenvalue weighted by atomic mass is 16.4. The monoisotopic (exact) mass is 273 g/mol. The van der Waals surface area contributed by atoms with Gasteiger partial charge in [0.2, 0.25) is 5.91 Å². The molecule has 106 valence electrons. The molecule has 1 spiro atoms. The van der Waals surface area contributed by atoms with Gasteiger partial charge in [-0.05, 0) is 49.4 Å². The summed E-state index contributed by atoms with van der Waals surface area (Å²) in [5, 5.41) is 9.09. The topological polar surface area (TPSA) is 57.6 Å². The molecule has 1 aromatic carbocycles. The molecule has 20 heavy (non-hydrogen) atoms. The van der Waals surface area contributed by atoms with Crippen molar-refractivity contribution in [3.8, 4) is 0 Å². The summed E-state index contributed by atoms with van der Waals surface area (Å²) in [7, 11) is 0. The summed E-state index contributed by atoms with van der Waals surface area (Å²) in [6.45, 7) is 3.77. The molecule has 1 heterocycles. The van der Waals surface area contributed by atoms with Crippen LogP contribution in [0.1, 0.15) is 42.4 Å². The van der Waals surface area contributed by atoms with Crippen molar-refractivity contribution in [2.75, 3.05) is 11.4 Å². The van der Waals surface area contributed by atoms with Gasteiger partial charge in [0.1, 0.15) is 6.54 Å². The maximum atomic E-state index is 12.8.